The second-order valence-electron chi connectivity index (χ2n) is 4.24. The molecule has 0 amide bonds. The third kappa shape index (κ3) is 4.38. The van der Waals surface area contributed by atoms with E-state index in [0.29, 0.717) is 23.0 Å². The molecule has 0 aliphatic rings. The first-order valence-corrected chi connectivity index (χ1v) is 8.18. The lowest BCUT2D eigenvalue weighted by Crippen LogP contribution is -1.98. The van der Waals surface area contributed by atoms with Crippen LogP contribution in [0.15, 0.2) is 26.7 Å². The maximum atomic E-state index is 11.4. The van der Waals surface area contributed by atoms with E-state index in [9.17, 15) is 9.90 Å². The van der Waals surface area contributed by atoms with E-state index in [1.807, 2.05) is 0 Å². The number of ether oxygens (including phenoxy) is 2. The molecule has 9 heteroatoms. The molecular formula is C14H13IN2O5S. The molecule has 0 unspecified atom stereocenters. The van der Waals surface area contributed by atoms with Gasteiger partial charge in [0.2, 0.25) is 5.89 Å². The first kappa shape index (κ1) is 17.6. The van der Waals surface area contributed by atoms with E-state index in [4.69, 9.17) is 13.9 Å². The smallest absolute Gasteiger partial charge is 0.342 e. The lowest BCUT2D eigenvalue weighted by atomic mass is 10.2. The Morgan fingerprint density at radius 2 is 2.09 bits per heavy atom. The van der Waals surface area contributed by atoms with Crippen LogP contribution in [0.5, 0.6) is 11.5 Å². The Morgan fingerprint density at radius 3 is 2.61 bits per heavy atom. The summed E-state index contributed by atoms with van der Waals surface area (Å²) < 4.78 is 16.5. The third-order valence-electron chi connectivity index (χ3n) is 2.67. The predicted molar refractivity (Wildman–Crippen MR) is 92.8 cm³/mol. The second-order valence-corrected chi connectivity index (χ2v) is 6.40. The van der Waals surface area contributed by atoms with Gasteiger partial charge in [-0.05, 0) is 58.1 Å². The summed E-state index contributed by atoms with van der Waals surface area (Å²) in [6.45, 7) is 1.64. The number of aromatic nitrogens is 2. The molecule has 1 aromatic carbocycles. The Bertz CT molecular complexity index is 760. The van der Waals surface area contributed by atoms with Crippen molar-refractivity contribution in [3.8, 4) is 11.5 Å². The third-order valence-corrected chi connectivity index (χ3v) is 4.32. The topological polar surface area (TPSA) is 94.7 Å². The Balaban J connectivity index is 2.39. The molecule has 0 atom stereocenters. The fraction of sp³-hybridized carbons (Fsp3) is 0.214. The van der Waals surface area contributed by atoms with Crippen molar-refractivity contribution in [3.63, 3.8) is 0 Å². The van der Waals surface area contributed by atoms with E-state index >= 15 is 0 Å². The number of thioether (sulfide) groups is 1. The zero-order chi connectivity index (χ0) is 17.0. The van der Waals surface area contributed by atoms with Crippen LogP contribution in [0.4, 0.5) is 0 Å². The lowest BCUT2D eigenvalue weighted by molar-refractivity contribution is -0.131. The zero-order valence-corrected chi connectivity index (χ0v) is 15.5. The fourth-order valence-electron chi connectivity index (χ4n) is 1.72. The van der Waals surface area contributed by atoms with Crippen LogP contribution >= 0.6 is 34.4 Å². The minimum absolute atomic E-state index is 0.0525. The molecular weight excluding hydrogens is 435 g/mol. The lowest BCUT2D eigenvalue weighted by Gasteiger charge is -2.10. The van der Waals surface area contributed by atoms with Crippen LogP contribution in [-0.2, 0) is 4.79 Å². The standard InChI is InChI=1S/C14H13IN2O5S/c1-7-16-17-14(22-7)23-11(13(18)19)6-8-4-9(15)12(21-3)10(5-8)20-2/h4-6H,1-3H3,(H,18,19)/b11-6-. The molecule has 0 saturated carbocycles. The summed E-state index contributed by atoms with van der Waals surface area (Å²) in [6, 6.07) is 3.49. The SMILES string of the molecule is COc1cc(/C=C(\Sc2nnc(C)o2)C(=O)O)cc(I)c1OC. The molecule has 2 aromatic rings. The summed E-state index contributed by atoms with van der Waals surface area (Å²) >= 11 is 2.99. The first-order valence-electron chi connectivity index (χ1n) is 6.29. The molecule has 0 radical (unpaired) electrons. The molecule has 0 bridgehead atoms. The normalized spacial score (nSPS) is 11.4. The maximum absolute atomic E-state index is 11.4. The molecule has 1 heterocycles. The van der Waals surface area contributed by atoms with E-state index in [-0.39, 0.29) is 10.1 Å². The van der Waals surface area contributed by atoms with Gasteiger partial charge in [0.25, 0.3) is 5.22 Å². The van der Waals surface area contributed by atoms with Crippen molar-refractivity contribution in [2.24, 2.45) is 0 Å². The Kier molecular flexibility index (Phi) is 5.88. The average Bonchev–Trinajstić information content (AvgIpc) is 2.91. The number of aryl methyl sites for hydroxylation is 1. The van der Waals surface area contributed by atoms with Crippen LogP contribution in [0.3, 0.4) is 0 Å². The first-order chi connectivity index (χ1) is 10.9. The molecule has 0 fully saturated rings. The van der Waals surface area contributed by atoms with Crippen molar-refractivity contribution in [1.82, 2.24) is 10.2 Å². The highest BCUT2D eigenvalue weighted by molar-refractivity contribution is 14.1. The van der Waals surface area contributed by atoms with Crippen molar-refractivity contribution >= 4 is 46.4 Å². The van der Waals surface area contributed by atoms with E-state index in [0.717, 1.165) is 15.3 Å². The van der Waals surface area contributed by atoms with Gasteiger partial charge in [0.05, 0.1) is 17.8 Å². The molecule has 7 nitrogen and oxygen atoms in total. The largest absolute Gasteiger partial charge is 0.493 e. The number of hydrogen-bond acceptors (Lipinski definition) is 7. The minimum Gasteiger partial charge on any atom is -0.493 e. The summed E-state index contributed by atoms with van der Waals surface area (Å²) in [6.07, 6.45) is 1.51. The number of carbonyl (C=O) groups is 1. The van der Waals surface area contributed by atoms with Crippen molar-refractivity contribution in [3.05, 3.63) is 32.1 Å². The van der Waals surface area contributed by atoms with Gasteiger partial charge in [0.15, 0.2) is 11.5 Å². The zero-order valence-electron chi connectivity index (χ0n) is 12.5. The number of nitrogens with zero attached hydrogens (tertiary/aromatic N) is 2. The summed E-state index contributed by atoms with van der Waals surface area (Å²) in [7, 11) is 3.07. The van der Waals surface area contributed by atoms with E-state index in [1.165, 1.54) is 13.2 Å². The average molecular weight is 448 g/mol. The number of halogens is 1. The number of carboxylic acid groups (broad SMARTS) is 1. The number of carboxylic acids is 1. The Hall–Kier alpha value is -1.75. The van der Waals surface area contributed by atoms with Crippen LogP contribution in [0, 0.1) is 10.5 Å². The van der Waals surface area contributed by atoms with Gasteiger partial charge in [0, 0.05) is 6.92 Å². The molecule has 1 N–H and O–H groups in total. The fourth-order valence-corrected chi connectivity index (χ4v) is 3.28. The molecule has 122 valence electrons. The van der Waals surface area contributed by atoms with Gasteiger partial charge in [-0.3, -0.25) is 0 Å². The highest BCUT2D eigenvalue weighted by Crippen LogP contribution is 2.35. The summed E-state index contributed by atoms with van der Waals surface area (Å²) in [5.74, 6) is 0.407. The maximum Gasteiger partial charge on any atom is 0.342 e. The van der Waals surface area contributed by atoms with E-state index in [2.05, 4.69) is 32.8 Å². The van der Waals surface area contributed by atoms with Crippen molar-refractivity contribution in [1.29, 1.82) is 0 Å². The quantitative estimate of drug-likeness (QED) is 0.409. The summed E-state index contributed by atoms with van der Waals surface area (Å²) in [4.78, 5) is 11.5. The van der Waals surface area contributed by atoms with Gasteiger partial charge in [-0.1, -0.05) is 0 Å². The monoisotopic (exact) mass is 448 g/mol. The predicted octanol–water partition coefficient (Wildman–Crippen LogP) is 3.22. The van der Waals surface area contributed by atoms with Crippen molar-refractivity contribution in [2.45, 2.75) is 12.1 Å². The molecule has 0 aliphatic carbocycles. The molecule has 1 aromatic heterocycles. The highest BCUT2D eigenvalue weighted by Gasteiger charge is 2.16. The van der Waals surface area contributed by atoms with Gasteiger partial charge < -0.3 is 19.0 Å². The van der Waals surface area contributed by atoms with Crippen LogP contribution < -0.4 is 9.47 Å². The van der Waals surface area contributed by atoms with Crippen molar-refractivity contribution in [2.75, 3.05) is 14.2 Å². The number of hydrogen-bond donors (Lipinski definition) is 1. The van der Waals surface area contributed by atoms with E-state index in [1.54, 1.807) is 26.2 Å². The number of rotatable bonds is 6. The van der Waals surface area contributed by atoms with Gasteiger partial charge in [0.1, 0.15) is 4.91 Å². The van der Waals surface area contributed by atoms with Crippen molar-refractivity contribution < 1.29 is 23.8 Å². The Labute approximate surface area is 150 Å². The summed E-state index contributed by atoms with van der Waals surface area (Å²) in [5, 5.41) is 17.0. The van der Waals surface area contributed by atoms with Gasteiger partial charge >= 0.3 is 5.97 Å². The van der Waals surface area contributed by atoms with Crippen LogP contribution in [-0.4, -0.2) is 35.5 Å². The second kappa shape index (κ2) is 7.68. The number of aliphatic carboxylic acids is 1. The minimum atomic E-state index is -1.09. The van der Waals surface area contributed by atoms with Crippen LogP contribution in [0.2, 0.25) is 0 Å². The van der Waals surface area contributed by atoms with Crippen LogP contribution in [0.1, 0.15) is 11.5 Å². The van der Waals surface area contributed by atoms with E-state index < -0.39 is 5.97 Å². The van der Waals surface area contributed by atoms with Gasteiger partial charge in [-0.15, -0.1) is 10.2 Å². The molecule has 23 heavy (non-hydrogen) atoms. The van der Waals surface area contributed by atoms with Gasteiger partial charge in [-0.2, -0.15) is 0 Å². The molecule has 0 spiro atoms. The molecule has 2 rings (SSSR count). The highest BCUT2D eigenvalue weighted by atomic mass is 127. The number of benzene rings is 1. The van der Waals surface area contributed by atoms with Gasteiger partial charge in [-0.25, -0.2) is 4.79 Å². The molecule has 0 aliphatic heterocycles. The summed E-state index contributed by atoms with van der Waals surface area (Å²) in [5.41, 5.74) is 0.660. The number of methoxy groups -OCH3 is 2. The molecule has 0 saturated heterocycles. The van der Waals surface area contributed by atoms with Crippen LogP contribution in [0.25, 0.3) is 6.08 Å². The Morgan fingerprint density at radius 1 is 1.35 bits per heavy atom.